The molecule has 0 bridgehead atoms. The number of aromatic nitrogens is 1. The molecule has 0 saturated carbocycles. The highest BCUT2D eigenvalue weighted by Gasteiger charge is 2.20. The molecule has 1 aromatic heterocycles. The highest BCUT2D eigenvalue weighted by molar-refractivity contribution is 6.17. The summed E-state index contributed by atoms with van der Waals surface area (Å²) < 4.78 is 30.1. The molecular formula is C17H12F2N4O. The number of benzene rings is 1. The van der Waals surface area contributed by atoms with Crippen molar-refractivity contribution in [2.45, 2.75) is 6.61 Å². The van der Waals surface area contributed by atoms with E-state index in [1.54, 1.807) is 30.6 Å². The molecule has 0 fully saturated rings. The Bertz CT molecular complexity index is 884. The van der Waals surface area contributed by atoms with Crippen molar-refractivity contribution < 1.29 is 13.5 Å². The molecule has 3 rings (SSSR count). The second kappa shape index (κ2) is 6.46. The predicted octanol–water partition coefficient (Wildman–Crippen LogP) is 2.71. The third-order valence-electron chi connectivity index (χ3n) is 3.53. The fraction of sp³-hybridized carbons (Fsp3) is 0.118. The zero-order valence-corrected chi connectivity index (χ0v) is 12.4. The summed E-state index contributed by atoms with van der Waals surface area (Å²) in [6, 6.07) is 7.96. The van der Waals surface area contributed by atoms with Gasteiger partial charge in [-0.2, -0.15) is 14.0 Å². The van der Waals surface area contributed by atoms with Gasteiger partial charge in [0.1, 0.15) is 5.75 Å². The van der Waals surface area contributed by atoms with E-state index in [9.17, 15) is 8.78 Å². The molecule has 24 heavy (non-hydrogen) atoms. The number of nitrogens with two attached hydrogens (primary N) is 1. The molecule has 2 heterocycles. The van der Waals surface area contributed by atoms with Crippen molar-refractivity contribution in [1.82, 2.24) is 4.98 Å². The fourth-order valence-electron chi connectivity index (χ4n) is 2.47. The van der Waals surface area contributed by atoms with Gasteiger partial charge in [0.25, 0.3) is 0 Å². The molecule has 2 aromatic rings. The van der Waals surface area contributed by atoms with Gasteiger partial charge in [-0.25, -0.2) is 0 Å². The maximum atomic E-state index is 12.8. The minimum atomic E-state index is -3.01. The molecule has 0 saturated heterocycles. The summed E-state index contributed by atoms with van der Waals surface area (Å²) in [5.41, 5.74) is 8.90. The molecule has 1 aromatic carbocycles. The lowest BCUT2D eigenvalue weighted by Crippen LogP contribution is -2.12. The fourth-order valence-corrected chi connectivity index (χ4v) is 2.47. The maximum absolute atomic E-state index is 12.8. The van der Waals surface area contributed by atoms with Gasteiger partial charge in [0.05, 0.1) is 23.9 Å². The molecular weight excluding hydrogens is 314 g/mol. The molecule has 5 nitrogen and oxygen atoms in total. The number of alkyl halides is 2. The van der Waals surface area contributed by atoms with Gasteiger partial charge in [-0.1, -0.05) is 0 Å². The van der Waals surface area contributed by atoms with Gasteiger partial charge in [-0.3, -0.25) is 9.98 Å². The number of aliphatic imine (C=N–C) groups is 1. The Morgan fingerprint density at radius 1 is 1.21 bits per heavy atom. The van der Waals surface area contributed by atoms with Crippen LogP contribution in [0, 0.1) is 11.3 Å². The van der Waals surface area contributed by atoms with Crippen molar-refractivity contribution in [3.8, 4) is 11.8 Å². The summed E-state index contributed by atoms with van der Waals surface area (Å²) in [7, 11) is 0. The van der Waals surface area contributed by atoms with Crippen molar-refractivity contribution in [3.05, 3.63) is 65.0 Å². The first-order chi connectivity index (χ1) is 11.6. The van der Waals surface area contributed by atoms with E-state index in [1.165, 1.54) is 12.1 Å². The molecule has 1 aliphatic heterocycles. The summed E-state index contributed by atoms with van der Waals surface area (Å²) in [5, 5.41) is 8.98. The quantitative estimate of drug-likeness (QED) is 0.940. The number of hydrogen-bond acceptors (Lipinski definition) is 5. The summed E-state index contributed by atoms with van der Waals surface area (Å²) in [5.74, 6) is -0.106. The first-order valence-corrected chi connectivity index (χ1v) is 7.04. The molecule has 0 spiro atoms. The van der Waals surface area contributed by atoms with Gasteiger partial charge < -0.3 is 10.5 Å². The number of halogens is 2. The Morgan fingerprint density at radius 3 is 2.79 bits per heavy atom. The highest BCUT2D eigenvalue weighted by atomic mass is 19.3. The van der Waals surface area contributed by atoms with Crippen LogP contribution >= 0.6 is 0 Å². The molecule has 0 amide bonds. The number of ether oxygens (including phenoxy) is 1. The zero-order valence-electron chi connectivity index (χ0n) is 12.4. The van der Waals surface area contributed by atoms with Gasteiger partial charge in [0.2, 0.25) is 0 Å². The Morgan fingerprint density at radius 2 is 2.04 bits per heavy atom. The van der Waals surface area contributed by atoms with Gasteiger partial charge in [-0.15, -0.1) is 0 Å². The molecule has 1 aliphatic rings. The Labute approximate surface area is 136 Å². The topological polar surface area (TPSA) is 84.3 Å². The number of fused-ring (bicyclic) bond motifs is 1. The average molecular weight is 326 g/mol. The van der Waals surface area contributed by atoms with Crippen molar-refractivity contribution in [3.63, 3.8) is 0 Å². The minimum Gasteiger partial charge on any atom is -0.434 e. The SMILES string of the molecule is N#Cc1ccc(C2=NCC=C(N)c3cnccc32)c(OC(F)F)c1. The lowest BCUT2D eigenvalue weighted by molar-refractivity contribution is -0.0499. The first-order valence-electron chi connectivity index (χ1n) is 7.04. The Hall–Kier alpha value is -3.27. The van der Waals surface area contributed by atoms with E-state index in [0.717, 1.165) is 0 Å². The smallest absolute Gasteiger partial charge is 0.387 e. The van der Waals surface area contributed by atoms with Crippen LogP contribution in [0.1, 0.15) is 22.3 Å². The average Bonchev–Trinajstić information content (AvgIpc) is 2.74. The second-order valence-electron chi connectivity index (χ2n) is 4.97. The van der Waals surface area contributed by atoms with E-state index in [2.05, 4.69) is 14.7 Å². The first kappa shape index (κ1) is 15.6. The van der Waals surface area contributed by atoms with Crippen LogP contribution < -0.4 is 10.5 Å². The van der Waals surface area contributed by atoms with E-state index in [0.29, 0.717) is 34.6 Å². The van der Waals surface area contributed by atoms with Crippen molar-refractivity contribution in [1.29, 1.82) is 5.26 Å². The van der Waals surface area contributed by atoms with Crippen LogP contribution in [-0.4, -0.2) is 23.9 Å². The number of nitrogens with zero attached hydrogens (tertiary/aromatic N) is 3. The van der Waals surface area contributed by atoms with Crippen LogP contribution in [0.2, 0.25) is 0 Å². The maximum Gasteiger partial charge on any atom is 0.387 e. The predicted molar refractivity (Wildman–Crippen MR) is 84.7 cm³/mol. The second-order valence-corrected chi connectivity index (χ2v) is 4.97. The lowest BCUT2D eigenvalue weighted by Gasteiger charge is -2.14. The van der Waals surface area contributed by atoms with Crippen LogP contribution in [0.25, 0.3) is 5.70 Å². The van der Waals surface area contributed by atoms with Crippen LogP contribution in [0.4, 0.5) is 8.78 Å². The minimum absolute atomic E-state index is 0.106. The van der Waals surface area contributed by atoms with E-state index in [-0.39, 0.29) is 11.3 Å². The molecule has 7 heteroatoms. The van der Waals surface area contributed by atoms with Crippen molar-refractivity contribution in [2.24, 2.45) is 10.7 Å². The van der Waals surface area contributed by atoms with Crippen molar-refractivity contribution >= 4 is 11.4 Å². The van der Waals surface area contributed by atoms with Crippen LogP contribution in [0.5, 0.6) is 5.75 Å². The molecule has 0 unspecified atom stereocenters. The summed E-state index contributed by atoms with van der Waals surface area (Å²) in [4.78, 5) is 8.48. The highest BCUT2D eigenvalue weighted by Crippen LogP contribution is 2.29. The zero-order chi connectivity index (χ0) is 17.1. The normalized spacial score (nSPS) is 13.4. The third kappa shape index (κ3) is 2.94. The van der Waals surface area contributed by atoms with Crippen LogP contribution in [0.3, 0.4) is 0 Å². The standard InChI is InChI=1S/C17H12F2N4O/c18-17(19)24-15-7-10(8-20)1-2-12(15)16-11-3-5-22-9-13(11)14(21)4-6-23-16/h1-5,7,9,17H,6,21H2. The van der Waals surface area contributed by atoms with E-state index < -0.39 is 6.61 Å². The van der Waals surface area contributed by atoms with E-state index >= 15 is 0 Å². The van der Waals surface area contributed by atoms with Crippen LogP contribution in [-0.2, 0) is 0 Å². The lowest BCUT2D eigenvalue weighted by atomic mass is 9.96. The summed E-state index contributed by atoms with van der Waals surface area (Å²) in [6.07, 6.45) is 4.90. The van der Waals surface area contributed by atoms with Gasteiger partial charge in [-0.05, 0) is 30.3 Å². The molecule has 2 N–H and O–H groups in total. The summed E-state index contributed by atoms with van der Waals surface area (Å²) >= 11 is 0. The van der Waals surface area contributed by atoms with Gasteiger partial charge in [0, 0.05) is 34.8 Å². The van der Waals surface area contributed by atoms with E-state index in [4.69, 9.17) is 11.0 Å². The largest absolute Gasteiger partial charge is 0.434 e. The van der Waals surface area contributed by atoms with Gasteiger partial charge >= 0.3 is 6.61 Å². The van der Waals surface area contributed by atoms with E-state index in [1.807, 2.05) is 6.07 Å². The Kier molecular flexibility index (Phi) is 4.20. The molecule has 0 aliphatic carbocycles. The monoisotopic (exact) mass is 326 g/mol. The van der Waals surface area contributed by atoms with Crippen molar-refractivity contribution in [2.75, 3.05) is 6.54 Å². The number of rotatable bonds is 3. The summed E-state index contributed by atoms with van der Waals surface area (Å²) in [6.45, 7) is -2.71. The number of hydrogen-bond donors (Lipinski definition) is 1. The van der Waals surface area contributed by atoms with Crippen LogP contribution in [0.15, 0.2) is 47.7 Å². The number of pyridine rings is 1. The number of nitriles is 1. The molecule has 0 radical (unpaired) electrons. The molecule has 120 valence electrons. The Balaban J connectivity index is 2.18. The third-order valence-corrected chi connectivity index (χ3v) is 3.53. The van der Waals surface area contributed by atoms with Gasteiger partial charge in [0.15, 0.2) is 0 Å². The molecule has 0 atom stereocenters.